The molecular weight excluding hydrogens is 461 g/mol. The van der Waals surface area contributed by atoms with Gasteiger partial charge in [0.1, 0.15) is 17.3 Å². The summed E-state index contributed by atoms with van der Waals surface area (Å²) in [6.45, 7) is 1.39. The second-order valence-electron chi connectivity index (χ2n) is 7.96. The molecule has 3 aromatic rings. The van der Waals surface area contributed by atoms with E-state index in [4.69, 9.17) is 4.74 Å². The topological polar surface area (TPSA) is 47.4 Å². The van der Waals surface area contributed by atoms with E-state index in [2.05, 4.69) is 21.0 Å². The van der Waals surface area contributed by atoms with Crippen molar-refractivity contribution in [2.45, 2.75) is 19.3 Å². The van der Waals surface area contributed by atoms with Crippen molar-refractivity contribution in [3.8, 4) is 17.0 Å². The van der Waals surface area contributed by atoms with Crippen LogP contribution in [0.25, 0.3) is 11.3 Å². The number of nitrogens with zero attached hydrogens (tertiary/aromatic N) is 3. The van der Waals surface area contributed by atoms with Crippen LogP contribution in [-0.4, -0.2) is 40.8 Å². The van der Waals surface area contributed by atoms with Gasteiger partial charge in [0.25, 0.3) is 5.91 Å². The highest BCUT2D eigenvalue weighted by atomic mass is 79.9. The maximum atomic E-state index is 13.4. The highest BCUT2D eigenvalue weighted by molar-refractivity contribution is 9.10. The second kappa shape index (κ2) is 9.22. The van der Waals surface area contributed by atoms with E-state index in [1.807, 2.05) is 23.1 Å². The summed E-state index contributed by atoms with van der Waals surface area (Å²) in [5.74, 6) is 1.05. The number of aryl methyl sites for hydroxylation is 1. The molecule has 162 valence electrons. The number of ether oxygens (including phenoxy) is 1. The molecule has 2 aromatic carbocycles. The Labute approximate surface area is 189 Å². The molecule has 1 aromatic heterocycles. The zero-order chi connectivity index (χ0) is 22.0. The van der Waals surface area contributed by atoms with Crippen LogP contribution in [0.15, 0.2) is 53.0 Å². The van der Waals surface area contributed by atoms with Gasteiger partial charge in [0.05, 0.1) is 17.3 Å². The van der Waals surface area contributed by atoms with Gasteiger partial charge in [-0.15, -0.1) is 0 Å². The highest BCUT2D eigenvalue weighted by Gasteiger charge is 2.28. The van der Waals surface area contributed by atoms with Crippen LogP contribution >= 0.6 is 15.9 Å². The van der Waals surface area contributed by atoms with Crippen LogP contribution in [0.5, 0.6) is 5.75 Å². The third-order valence-electron chi connectivity index (χ3n) is 5.59. The molecule has 0 saturated heterocycles. The molecule has 1 aliphatic rings. The molecule has 0 aliphatic heterocycles. The molecule has 7 heteroatoms. The largest absolute Gasteiger partial charge is 0.496 e. The minimum atomic E-state index is -0.295. The monoisotopic (exact) mass is 485 g/mol. The standard InChI is InChI=1S/C24H25BrFN3O2/c1-28-22(14-21(27-28)18-6-8-19(26)9-7-18)24(30)29(15-17-3-4-17)12-11-16-5-10-23(31-2)20(25)13-16/h5-10,13-14,17H,3-4,11-12,15H2,1-2H3. The second-order valence-corrected chi connectivity index (χ2v) is 8.81. The van der Waals surface area contributed by atoms with Crippen LogP contribution in [0.4, 0.5) is 4.39 Å². The summed E-state index contributed by atoms with van der Waals surface area (Å²) in [6.07, 6.45) is 3.10. The molecule has 0 atom stereocenters. The summed E-state index contributed by atoms with van der Waals surface area (Å²) in [5.41, 5.74) is 3.12. The van der Waals surface area contributed by atoms with Gasteiger partial charge in [0.15, 0.2) is 0 Å². The molecule has 5 nitrogen and oxygen atoms in total. The predicted octanol–water partition coefficient (Wildman–Crippen LogP) is 5.09. The zero-order valence-corrected chi connectivity index (χ0v) is 19.2. The number of halogens is 2. The van der Waals surface area contributed by atoms with E-state index in [0.717, 1.165) is 34.3 Å². The molecule has 0 radical (unpaired) electrons. The molecule has 1 amide bonds. The maximum absolute atomic E-state index is 13.4. The van der Waals surface area contributed by atoms with E-state index in [0.29, 0.717) is 23.9 Å². The minimum Gasteiger partial charge on any atom is -0.496 e. The van der Waals surface area contributed by atoms with E-state index in [-0.39, 0.29) is 11.7 Å². The molecule has 0 spiro atoms. The summed E-state index contributed by atoms with van der Waals surface area (Å²) >= 11 is 3.53. The molecule has 1 fully saturated rings. The van der Waals surface area contributed by atoms with Crippen molar-refractivity contribution in [3.05, 3.63) is 70.1 Å². The number of amides is 1. The average Bonchev–Trinajstić information content (AvgIpc) is 3.50. The first-order chi connectivity index (χ1) is 14.9. The van der Waals surface area contributed by atoms with Crippen LogP contribution < -0.4 is 4.74 Å². The minimum absolute atomic E-state index is 0.0251. The van der Waals surface area contributed by atoms with Crippen LogP contribution in [0, 0.1) is 11.7 Å². The Hall–Kier alpha value is -2.67. The van der Waals surface area contributed by atoms with Gasteiger partial charge in [0.2, 0.25) is 0 Å². The molecule has 1 heterocycles. The molecule has 1 aliphatic carbocycles. The van der Waals surface area contributed by atoms with Crippen LogP contribution in [-0.2, 0) is 13.5 Å². The van der Waals surface area contributed by atoms with Crippen molar-refractivity contribution in [2.75, 3.05) is 20.2 Å². The van der Waals surface area contributed by atoms with E-state index >= 15 is 0 Å². The van der Waals surface area contributed by atoms with Gasteiger partial charge >= 0.3 is 0 Å². The first kappa shape index (κ1) is 21.6. The Balaban J connectivity index is 1.51. The summed E-state index contributed by atoms with van der Waals surface area (Å²) in [5, 5.41) is 4.48. The fourth-order valence-corrected chi connectivity index (χ4v) is 4.20. The Kier molecular flexibility index (Phi) is 6.41. The zero-order valence-electron chi connectivity index (χ0n) is 17.6. The van der Waals surface area contributed by atoms with Gasteiger partial charge in [-0.1, -0.05) is 6.07 Å². The van der Waals surface area contributed by atoms with E-state index in [1.54, 1.807) is 37.0 Å². The summed E-state index contributed by atoms with van der Waals surface area (Å²) < 4.78 is 21.1. The third-order valence-corrected chi connectivity index (χ3v) is 6.21. The average molecular weight is 486 g/mol. The van der Waals surface area contributed by atoms with Crippen molar-refractivity contribution < 1.29 is 13.9 Å². The number of methoxy groups -OCH3 is 1. The number of hydrogen-bond donors (Lipinski definition) is 0. The van der Waals surface area contributed by atoms with Gasteiger partial charge in [-0.05, 0) is 89.1 Å². The van der Waals surface area contributed by atoms with E-state index < -0.39 is 0 Å². The highest BCUT2D eigenvalue weighted by Crippen LogP contribution is 2.31. The number of benzene rings is 2. The quantitative estimate of drug-likeness (QED) is 0.446. The Morgan fingerprint density at radius 1 is 1.23 bits per heavy atom. The fraction of sp³-hybridized carbons (Fsp3) is 0.333. The van der Waals surface area contributed by atoms with Crippen molar-refractivity contribution in [3.63, 3.8) is 0 Å². The van der Waals surface area contributed by atoms with Crippen LogP contribution in [0.1, 0.15) is 28.9 Å². The number of hydrogen-bond acceptors (Lipinski definition) is 3. The first-order valence-electron chi connectivity index (χ1n) is 10.4. The normalized spacial score (nSPS) is 13.3. The lowest BCUT2D eigenvalue weighted by Crippen LogP contribution is -2.35. The molecule has 0 bridgehead atoms. The van der Waals surface area contributed by atoms with Gasteiger partial charge < -0.3 is 9.64 Å². The number of carbonyl (C=O) groups is 1. The molecule has 31 heavy (non-hydrogen) atoms. The van der Waals surface area contributed by atoms with Gasteiger partial charge in [0, 0.05) is 25.7 Å². The fourth-order valence-electron chi connectivity index (χ4n) is 3.61. The van der Waals surface area contributed by atoms with E-state index in [1.165, 1.54) is 25.0 Å². The lowest BCUT2D eigenvalue weighted by Gasteiger charge is -2.23. The lowest BCUT2D eigenvalue weighted by atomic mass is 10.1. The van der Waals surface area contributed by atoms with Gasteiger partial charge in [-0.25, -0.2) is 4.39 Å². The SMILES string of the molecule is COc1ccc(CCN(CC2CC2)C(=O)c2cc(-c3ccc(F)cc3)nn2C)cc1Br. The molecular formula is C24H25BrFN3O2. The van der Waals surface area contributed by atoms with Crippen molar-refractivity contribution in [1.82, 2.24) is 14.7 Å². The van der Waals surface area contributed by atoms with Crippen molar-refractivity contribution >= 4 is 21.8 Å². The summed E-state index contributed by atoms with van der Waals surface area (Å²) in [7, 11) is 3.42. The van der Waals surface area contributed by atoms with Crippen molar-refractivity contribution in [2.24, 2.45) is 13.0 Å². The van der Waals surface area contributed by atoms with Gasteiger partial charge in [-0.3, -0.25) is 9.48 Å². The third kappa shape index (κ3) is 5.15. The van der Waals surface area contributed by atoms with Crippen LogP contribution in [0.2, 0.25) is 0 Å². The summed E-state index contributed by atoms with van der Waals surface area (Å²) in [4.78, 5) is 15.3. The number of rotatable bonds is 8. The summed E-state index contributed by atoms with van der Waals surface area (Å²) in [6, 6.07) is 13.9. The number of carbonyl (C=O) groups excluding carboxylic acids is 1. The maximum Gasteiger partial charge on any atom is 0.272 e. The Morgan fingerprint density at radius 3 is 2.61 bits per heavy atom. The first-order valence-corrected chi connectivity index (χ1v) is 11.2. The Bertz CT molecular complexity index is 1080. The molecule has 1 saturated carbocycles. The van der Waals surface area contributed by atoms with Crippen molar-refractivity contribution in [1.29, 1.82) is 0 Å². The molecule has 0 N–H and O–H groups in total. The lowest BCUT2D eigenvalue weighted by molar-refractivity contribution is 0.0738. The van der Waals surface area contributed by atoms with Gasteiger partial charge in [-0.2, -0.15) is 5.10 Å². The molecule has 4 rings (SSSR count). The Morgan fingerprint density at radius 2 is 1.97 bits per heavy atom. The smallest absolute Gasteiger partial charge is 0.272 e. The van der Waals surface area contributed by atoms with E-state index in [9.17, 15) is 9.18 Å². The number of aromatic nitrogens is 2. The molecule has 0 unspecified atom stereocenters. The predicted molar refractivity (Wildman–Crippen MR) is 122 cm³/mol. The van der Waals surface area contributed by atoms with Crippen LogP contribution in [0.3, 0.4) is 0 Å².